The third-order valence-electron chi connectivity index (χ3n) is 4.10. The SMILES string of the molecule is CCC(NS(=O)(=O)c1ccc(OC)c(-n2cnnn2)c1)c1cc(Cl)ccc1Cl. The lowest BCUT2D eigenvalue weighted by molar-refractivity contribution is 0.411. The van der Waals surface area contributed by atoms with Crippen LogP contribution in [0.5, 0.6) is 5.75 Å². The van der Waals surface area contributed by atoms with Crippen LogP contribution >= 0.6 is 23.2 Å². The first-order valence-electron chi connectivity index (χ1n) is 8.24. The number of aromatic nitrogens is 4. The van der Waals surface area contributed by atoms with Crippen LogP contribution < -0.4 is 9.46 Å². The van der Waals surface area contributed by atoms with Gasteiger partial charge in [-0.15, -0.1) is 5.10 Å². The molecule has 1 unspecified atom stereocenters. The van der Waals surface area contributed by atoms with E-state index in [1.807, 2.05) is 6.92 Å². The van der Waals surface area contributed by atoms with E-state index in [1.54, 1.807) is 24.3 Å². The first-order chi connectivity index (χ1) is 13.4. The van der Waals surface area contributed by atoms with Crippen molar-refractivity contribution in [3.05, 3.63) is 58.3 Å². The fraction of sp³-hybridized carbons (Fsp3) is 0.235. The number of nitrogens with one attached hydrogen (secondary N) is 1. The van der Waals surface area contributed by atoms with E-state index in [-0.39, 0.29) is 4.90 Å². The Morgan fingerprint density at radius 2 is 2.00 bits per heavy atom. The van der Waals surface area contributed by atoms with Gasteiger partial charge in [0.05, 0.1) is 12.0 Å². The van der Waals surface area contributed by atoms with Gasteiger partial charge in [0.15, 0.2) is 0 Å². The summed E-state index contributed by atoms with van der Waals surface area (Å²) in [4.78, 5) is 0.0374. The van der Waals surface area contributed by atoms with Crippen molar-refractivity contribution in [1.29, 1.82) is 0 Å². The van der Waals surface area contributed by atoms with Crippen LogP contribution in [0, 0.1) is 0 Å². The highest BCUT2D eigenvalue weighted by atomic mass is 35.5. The summed E-state index contributed by atoms with van der Waals surface area (Å²) in [6.45, 7) is 1.85. The monoisotopic (exact) mass is 441 g/mol. The van der Waals surface area contributed by atoms with Gasteiger partial charge in [-0.3, -0.25) is 0 Å². The van der Waals surface area contributed by atoms with Gasteiger partial charge in [-0.05, 0) is 58.8 Å². The molecule has 0 saturated heterocycles. The van der Waals surface area contributed by atoms with Crippen LogP contribution in [0.3, 0.4) is 0 Å². The van der Waals surface area contributed by atoms with Crippen molar-refractivity contribution < 1.29 is 13.2 Å². The van der Waals surface area contributed by atoms with E-state index in [2.05, 4.69) is 20.2 Å². The molecule has 0 spiro atoms. The minimum atomic E-state index is -3.88. The Morgan fingerprint density at radius 1 is 1.21 bits per heavy atom. The van der Waals surface area contributed by atoms with Crippen molar-refractivity contribution in [3.63, 3.8) is 0 Å². The van der Waals surface area contributed by atoms with Crippen molar-refractivity contribution in [1.82, 2.24) is 24.9 Å². The smallest absolute Gasteiger partial charge is 0.241 e. The van der Waals surface area contributed by atoms with Crippen molar-refractivity contribution in [3.8, 4) is 11.4 Å². The second-order valence-corrected chi connectivity index (χ2v) is 8.39. The van der Waals surface area contributed by atoms with Gasteiger partial charge >= 0.3 is 0 Å². The number of rotatable bonds is 7. The Labute approximate surface area is 172 Å². The minimum Gasteiger partial charge on any atom is -0.494 e. The maximum absolute atomic E-state index is 13.0. The molecule has 1 atom stereocenters. The highest BCUT2D eigenvalue weighted by Crippen LogP contribution is 2.31. The van der Waals surface area contributed by atoms with E-state index in [4.69, 9.17) is 27.9 Å². The molecule has 2 aromatic carbocycles. The van der Waals surface area contributed by atoms with Gasteiger partial charge in [0.1, 0.15) is 17.8 Å². The van der Waals surface area contributed by atoms with Crippen LogP contribution in [0.15, 0.2) is 47.6 Å². The minimum absolute atomic E-state index is 0.0374. The highest BCUT2D eigenvalue weighted by Gasteiger charge is 2.23. The number of methoxy groups -OCH3 is 1. The number of hydrogen-bond acceptors (Lipinski definition) is 6. The van der Waals surface area contributed by atoms with Crippen LogP contribution in [0.1, 0.15) is 24.9 Å². The number of tetrazole rings is 1. The average Bonchev–Trinajstić information content (AvgIpc) is 3.22. The van der Waals surface area contributed by atoms with Gasteiger partial charge in [-0.2, -0.15) is 4.68 Å². The van der Waals surface area contributed by atoms with Gasteiger partial charge in [-0.1, -0.05) is 30.1 Å². The maximum Gasteiger partial charge on any atom is 0.241 e. The van der Waals surface area contributed by atoms with Gasteiger partial charge in [0.25, 0.3) is 0 Å². The van der Waals surface area contributed by atoms with Crippen molar-refractivity contribution >= 4 is 33.2 Å². The lowest BCUT2D eigenvalue weighted by atomic mass is 10.1. The molecule has 3 aromatic rings. The summed E-state index contributed by atoms with van der Waals surface area (Å²) in [5.74, 6) is 0.427. The molecule has 0 radical (unpaired) electrons. The number of sulfonamides is 1. The molecule has 0 saturated carbocycles. The summed E-state index contributed by atoms with van der Waals surface area (Å²) in [7, 11) is -2.40. The lowest BCUT2D eigenvalue weighted by Crippen LogP contribution is -2.28. The Balaban J connectivity index is 1.98. The molecule has 11 heteroatoms. The number of ether oxygens (including phenoxy) is 1. The molecule has 148 valence electrons. The van der Waals surface area contributed by atoms with E-state index >= 15 is 0 Å². The lowest BCUT2D eigenvalue weighted by Gasteiger charge is -2.19. The summed E-state index contributed by atoms with van der Waals surface area (Å²) in [6, 6.07) is 8.82. The molecule has 0 aliphatic rings. The zero-order valence-electron chi connectivity index (χ0n) is 15.0. The summed E-state index contributed by atoms with van der Waals surface area (Å²) in [5, 5.41) is 11.8. The van der Waals surface area contributed by atoms with Gasteiger partial charge in [-0.25, -0.2) is 13.1 Å². The molecule has 0 fully saturated rings. The summed E-state index contributed by atoms with van der Waals surface area (Å²) >= 11 is 12.3. The van der Waals surface area contributed by atoms with Gasteiger partial charge in [0.2, 0.25) is 10.0 Å². The molecule has 0 bridgehead atoms. The Morgan fingerprint density at radius 3 is 2.64 bits per heavy atom. The normalized spacial score (nSPS) is 12.7. The molecule has 0 amide bonds. The van der Waals surface area contributed by atoms with Crippen LogP contribution in [-0.4, -0.2) is 35.7 Å². The molecule has 0 aliphatic heterocycles. The first kappa shape index (κ1) is 20.5. The van der Waals surface area contributed by atoms with E-state index in [9.17, 15) is 8.42 Å². The van der Waals surface area contributed by atoms with Crippen molar-refractivity contribution in [2.24, 2.45) is 0 Å². The molecule has 8 nitrogen and oxygen atoms in total. The third kappa shape index (κ3) is 4.27. The Bertz CT molecular complexity index is 1070. The number of nitrogens with zero attached hydrogens (tertiary/aromatic N) is 4. The second kappa shape index (κ2) is 8.44. The molecule has 3 rings (SSSR count). The van der Waals surface area contributed by atoms with Gasteiger partial charge in [0, 0.05) is 16.1 Å². The van der Waals surface area contributed by atoms with E-state index < -0.39 is 16.1 Å². The van der Waals surface area contributed by atoms with Crippen LogP contribution in [0.4, 0.5) is 0 Å². The Kier molecular flexibility index (Phi) is 6.19. The van der Waals surface area contributed by atoms with Gasteiger partial charge < -0.3 is 4.74 Å². The average molecular weight is 442 g/mol. The number of benzene rings is 2. The van der Waals surface area contributed by atoms with Crippen LogP contribution in [0.2, 0.25) is 10.0 Å². The van der Waals surface area contributed by atoms with E-state index in [0.29, 0.717) is 33.5 Å². The second-order valence-electron chi connectivity index (χ2n) is 5.84. The van der Waals surface area contributed by atoms with Crippen LogP contribution in [-0.2, 0) is 10.0 Å². The molecular formula is C17H17Cl2N5O3S. The van der Waals surface area contributed by atoms with Crippen molar-refractivity contribution in [2.75, 3.05) is 7.11 Å². The quantitative estimate of drug-likeness (QED) is 0.602. The van der Waals surface area contributed by atoms with E-state index in [0.717, 1.165) is 0 Å². The third-order valence-corrected chi connectivity index (χ3v) is 6.14. The van der Waals surface area contributed by atoms with Crippen LogP contribution in [0.25, 0.3) is 5.69 Å². The molecule has 28 heavy (non-hydrogen) atoms. The highest BCUT2D eigenvalue weighted by molar-refractivity contribution is 7.89. The first-order valence-corrected chi connectivity index (χ1v) is 10.5. The fourth-order valence-corrected chi connectivity index (χ4v) is 4.44. The summed E-state index contributed by atoms with van der Waals surface area (Å²) < 4.78 is 35.3. The molecule has 1 aromatic heterocycles. The largest absolute Gasteiger partial charge is 0.494 e. The Hall–Kier alpha value is -2.20. The zero-order valence-corrected chi connectivity index (χ0v) is 17.3. The molecule has 1 N–H and O–H groups in total. The maximum atomic E-state index is 13.0. The predicted molar refractivity (Wildman–Crippen MR) is 106 cm³/mol. The standard InChI is InChI=1S/C17H17Cl2N5O3S/c1-3-15(13-8-11(18)4-6-14(13)19)21-28(25,26)12-5-7-17(27-2)16(9-12)24-10-20-22-23-24/h4-10,15,21H,3H2,1-2H3. The zero-order chi connectivity index (χ0) is 20.3. The topological polar surface area (TPSA) is 99.0 Å². The summed E-state index contributed by atoms with van der Waals surface area (Å²) in [5.41, 5.74) is 0.999. The molecular weight excluding hydrogens is 425 g/mol. The number of halogens is 2. The summed E-state index contributed by atoms with van der Waals surface area (Å²) in [6.07, 6.45) is 1.83. The molecule has 1 heterocycles. The van der Waals surface area contributed by atoms with Crippen molar-refractivity contribution in [2.45, 2.75) is 24.3 Å². The fourth-order valence-electron chi connectivity index (χ4n) is 2.69. The van der Waals surface area contributed by atoms with E-state index in [1.165, 1.54) is 30.3 Å². The molecule has 0 aliphatic carbocycles. The number of hydrogen-bond donors (Lipinski definition) is 1. The predicted octanol–water partition coefficient (Wildman–Crippen LogP) is 3.41.